The summed E-state index contributed by atoms with van der Waals surface area (Å²) in [5.41, 5.74) is 0. The quantitative estimate of drug-likeness (QED) is 0.634. The third-order valence-electron chi connectivity index (χ3n) is 2.60. The predicted octanol–water partition coefficient (Wildman–Crippen LogP) is 5.67. The van der Waals surface area contributed by atoms with Crippen LogP contribution in [0.15, 0.2) is 58.3 Å². The zero-order chi connectivity index (χ0) is 13.5. The van der Waals surface area contributed by atoms with E-state index in [1.165, 1.54) is 0 Å². The average Bonchev–Trinajstić information content (AvgIpc) is 2.39. The maximum absolute atomic E-state index is 5.99. The van der Waals surface area contributed by atoms with E-state index in [9.17, 15) is 0 Å². The van der Waals surface area contributed by atoms with Crippen molar-refractivity contribution in [2.75, 3.05) is 6.61 Å². The zero-order valence-corrected chi connectivity index (χ0v) is 12.5. The Morgan fingerprint density at radius 1 is 1.05 bits per heavy atom. The van der Waals surface area contributed by atoms with Crippen molar-refractivity contribution in [1.29, 1.82) is 0 Å². The van der Waals surface area contributed by atoms with Gasteiger partial charge in [-0.15, -0.1) is 0 Å². The first-order valence-corrected chi connectivity index (χ1v) is 7.63. The molecule has 0 amide bonds. The lowest BCUT2D eigenvalue weighted by atomic mass is 10.3. The normalized spacial score (nSPS) is 10.4. The second-order valence-electron chi connectivity index (χ2n) is 4.24. The molecule has 0 aliphatic carbocycles. The SMILES string of the molecule is CCCCOc1cccc(Sc2cccc(Cl)c2)c1. The molecule has 0 aliphatic heterocycles. The lowest BCUT2D eigenvalue weighted by molar-refractivity contribution is 0.308. The third kappa shape index (κ3) is 4.81. The van der Waals surface area contributed by atoms with Crippen molar-refractivity contribution in [3.05, 3.63) is 53.6 Å². The van der Waals surface area contributed by atoms with Crippen LogP contribution in [0.2, 0.25) is 5.02 Å². The van der Waals surface area contributed by atoms with Crippen LogP contribution in [-0.4, -0.2) is 6.61 Å². The van der Waals surface area contributed by atoms with Gasteiger partial charge in [-0.05, 0) is 42.8 Å². The highest BCUT2D eigenvalue weighted by Gasteiger charge is 2.00. The Labute approximate surface area is 123 Å². The summed E-state index contributed by atoms with van der Waals surface area (Å²) in [4.78, 5) is 2.30. The molecule has 2 aromatic rings. The number of rotatable bonds is 6. The lowest BCUT2D eigenvalue weighted by Gasteiger charge is -2.07. The van der Waals surface area contributed by atoms with Crippen LogP contribution < -0.4 is 4.74 Å². The molecule has 3 heteroatoms. The molecule has 0 radical (unpaired) electrons. The average molecular weight is 293 g/mol. The summed E-state index contributed by atoms with van der Waals surface area (Å²) in [5, 5.41) is 0.764. The number of unbranched alkanes of at least 4 members (excludes halogenated alkanes) is 1. The molecular weight excluding hydrogens is 276 g/mol. The molecule has 0 aliphatic rings. The fraction of sp³-hybridized carbons (Fsp3) is 0.250. The maximum Gasteiger partial charge on any atom is 0.120 e. The molecule has 0 N–H and O–H groups in total. The number of halogens is 1. The van der Waals surface area contributed by atoms with Gasteiger partial charge in [0, 0.05) is 14.8 Å². The highest BCUT2D eigenvalue weighted by atomic mass is 35.5. The molecule has 0 saturated carbocycles. The van der Waals surface area contributed by atoms with Gasteiger partial charge in [0.05, 0.1) is 6.61 Å². The van der Waals surface area contributed by atoms with E-state index in [1.807, 2.05) is 30.3 Å². The Morgan fingerprint density at radius 3 is 2.53 bits per heavy atom. The molecule has 19 heavy (non-hydrogen) atoms. The largest absolute Gasteiger partial charge is 0.494 e. The van der Waals surface area contributed by atoms with Crippen molar-refractivity contribution in [2.24, 2.45) is 0 Å². The fourth-order valence-electron chi connectivity index (χ4n) is 1.63. The Hall–Kier alpha value is -1.12. The minimum absolute atomic E-state index is 0.764. The van der Waals surface area contributed by atoms with E-state index in [0.717, 1.165) is 40.0 Å². The van der Waals surface area contributed by atoms with E-state index in [-0.39, 0.29) is 0 Å². The maximum atomic E-state index is 5.99. The molecule has 0 bridgehead atoms. The van der Waals surface area contributed by atoms with Gasteiger partial charge in [-0.3, -0.25) is 0 Å². The summed E-state index contributed by atoms with van der Waals surface area (Å²) >= 11 is 7.68. The van der Waals surface area contributed by atoms with Crippen LogP contribution in [0.4, 0.5) is 0 Å². The van der Waals surface area contributed by atoms with Gasteiger partial charge in [0.25, 0.3) is 0 Å². The number of ether oxygens (including phenoxy) is 1. The van der Waals surface area contributed by atoms with Crippen LogP contribution in [0.1, 0.15) is 19.8 Å². The Kier molecular flexibility index (Phi) is 5.62. The number of hydrogen-bond acceptors (Lipinski definition) is 2. The topological polar surface area (TPSA) is 9.23 Å². The van der Waals surface area contributed by atoms with Gasteiger partial charge in [0.2, 0.25) is 0 Å². The monoisotopic (exact) mass is 292 g/mol. The molecule has 0 aromatic heterocycles. The molecule has 0 fully saturated rings. The summed E-state index contributed by atoms with van der Waals surface area (Å²) in [5.74, 6) is 0.931. The Bertz CT molecular complexity index is 528. The van der Waals surface area contributed by atoms with E-state index in [1.54, 1.807) is 11.8 Å². The van der Waals surface area contributed by atoms with Crippen LogP contribution in [0.5, 0.6) is 5.75 Å². The fourth-order valence-corrected chi connectivity index (χ4v) is 2.81. The Morgan fingerprint density at radius 2 is 1.79 bits per heavy atom. The van der Waals surface area contributed by atoms with Crippen LogP contribution >= 0.6 is 23.4 Å². The van der Waals surface area contributed by atoms with Crippen molar-refractivity contribution in [1.82, 2.24) is 0 Å². The van der Waals surface area contributed by atoms with Crippen molar-refractivity contribution >= 4 is 23.4 Å². The molecule has 2 aromatic carbocycles. The molecule has 0 unspecified atom stereocenters. The summed E-state index contributed by atoms with van der Waals surface area (Å²) in [7, 11) is 0. The highest BCUT2D eigenvalue weighted by molar-refractivity contribution is 7.99. The minimum atomic E-state index is 0.764. The van der Waals surface area contributed by atoms with Gasteiger partial charge >= 0.3 is 0 Å². The van der Waals surface area contributed by atoms with Crippen molar-refractivity contribution in [3.63, 3.8) is 0 Å². The summed E-state index contributed by atoms with van der Waals surface area (Å²) < 4.78 is 5.71. The molecule has 100 valence electrons. The van der Waals surface area contributed by atoms with E-state index in [0.29, 0.717) is 0 Å². The van der Waals surface area contributed by atoms with Crippen LogP contribution in [0.3, 0.4) is 0 Å². The van der Waals surface area contributed by atoms with Crippen LogP contribution in [0.25, 0.3) is 0 Å². The standard InChI is InChI=1S/C16H17ClOS/c1-2-3-10-18-14-7-5-9-16(12-14)19-15-8-4-6-13(17)11-15/h4-9,11-12H,2-3,10H2,1H3. The number of hydrogen-bond donors (Lipinski definition) is 0. The Balaban J connectivity index is 2.02. The van der Waals surface area contributed by atoms with Gasteiger partial charge < -0.3 is 4.74 Å². The summed E-state index contributed by atoms with van der Waals surface area (Å²) in [6, 6.07) is 16.0. The van der Waals surface area contributed by atoms with E-state index in [2.05, 4.69) is 25.1 Å². The van der Waals surface area contributed by atoms with Gasteiger partial charge in [-0.2, -0.15) is 0 Å². The van der Waals surface area contributed by atoms with Crippen molar-refractivity contribution in [3.8, 4) is 5.75 Å². The predicted molar refractivity (Wildman–Crippen MR) is 82.4 cm³/mol. The summed E-state index contributed by atoms with van der Waals surface area (Å²) in [6.07, 6.45) is 2.24. The second-order valence-corrected chi connectivity index (χ2v) is 5.82. The van der Waals surface area contributed by atoms with Gasteiger partial charge in [-0.1, -0.05) is 48.8 Å². The first kappa shape index (κ1) is 14.3. The highest BCUT2D eigenvalue weighted by Crippen LogP contribution is 2.31. The minimum Gasteiger partial charge on any atom is -0.494 e. The molecule has 2 rings (SSSR count). The zero-order valence-electron chi connectivity index (χ0n) is 10.9. The molecule has 0 spiro atoms. The van der Waals surface area contributed by atoms with Gasteiger partial charge in [0.15, 0.2) is 0 Å². The van der Waals surface area contributed by atoms with Crippen molar-refractivity contribution in [2.45, 2.75) is 29.6 Å². The number of benzene rings is 2. The van der Waals surface area contributed by atoms with Gasteiger partial charge in [-0.25, -0.2) is 0 Å². The van der Waals surface area contributed by atoms with Crippen LogP contribution in [-0.2, 0) is 0 Å². The lowest BCUT2D eigenvalue weighted by Crippen LogP contribution is -1.96. The van der Waals surface area contributed by atoms with Gasteiger partial charge in [0.1, 0.15) is 5.75 Å². The molecule has 0 heterocycles. The van der Waals surface area contributed by atoms with Crippen LogP contribution in [0, 0.1) is 0 Å². The molecule has 0 atom stereocenters. The van der Waals surface area contributed by atoms with E-state index < -0.39 is 0 Å². The first-order chi connectivity index (χ1) is 9.28. The molecular formula is C16H17ClOS. The third-order valence-corrected chi connectivity index (χ3v) is 3.82. The van der Waals surface area contributed by atoms with Crippen molar-refractivity contribution < 1.29 is 4.74 Å². The summed E-state index contributed by atoms with van der Waals surface area (Å²) in [6.45, 7) is 2.94. The van der Waals surface area contributed by atoms with E-state index >= 15 is 0 Å². The second kappa shape index (κ2) is 7.46. The first-order valence-electron chi connectivity index (χ1n) is 6.44. The molecule has 0 saturated heterocycles. The van der Waals surface area contributed by atoms with E-state index in [4.69, 9.17) is 16.3 Å². The molecule has 1 nitrogen and oxygen atoms in total. The smallest absolute Gasteiger partial charge is 0.120 e.